The highest BCUT2D eigenvalue weighted by Crippen LogP contribution is 2.22. The Morgan fingerprint density at radius 2 is 1.79 bits per heavy atom. The van der Waals surface area contributed by atoms with Crippen molar-refractivity contribution >= 4 is 27.8 Å². The van der Waals surface area contributed by atoms with E-state index in [1.165, 1.54) is 0 Å². The van der Waals surface area contributed by atoms with Crippen LogP contribution in [0, 0.1) is 13.8 Å². The van der Waals surface area contributed by atoms with Crippen LogP contribution in [0.3, 0.4) is 0 Å². The first-order chi connectivity index (χ1) is 15.7. The van der Waals surface area contributed by atoms with Crippen LogP contribution in [-0.4, -0.2) is 44.5 Å². The minimum atomic E-state index is -3.68. The van der Waals surface area contributed by atoms with E-state index in [9.17, 15) is 13.2 Å². The topological polar surface area (TPSA) is 93.0 Å². The number of nitrogens with one attached hydrogen (secondary N) is 1. The summed E-state index contributed by atoms with van der Waals surface area (Å²) in [6.45, 7) is 5.94. The van der Waals surface area contributed by atoms with Gasteiger partial charge in [0.1, 0.15) is 12.3 Å². The summed E-state index contributed by atoms with van der Waals surface area (Å²) in [4.78, 5) is 12.5. The molecule has 3 aromatic rings. The lowest BCUT2D eigenvalue weighted by Gasteiger charge is -2.21. The first-order valence-electron chi connectivity index (χ1n) is 10.5. The van der Waals surface area contributed by atoms with Gasteiger partial charge in [-0.2, -0.15) is 5.10 Å². The number of hydrazone groups is 1. The van der Waals surface area contributed by atoms with Crippen molar-refractivity contribution < 1.29 is 17.9 Å². The molecule has 9 heteroatoms. The standard InChI is InChI=1S/C24H28N4O4S/c1-5-32-23-13-11-21(12-14-23)27(33(4,30)31)17-24(29)26-25-16-20-15-18(2)28(19(20)3)22-9-7-6-8-10-22/h6-16H,5,17H2,1-4H3,(H,26,29)/b25-16+. The second kappa shape index (κ2) is 10.4. The highest BCUT2D eigenvalue weighted by atomic mass is 32.2. The fraction of sp³-hybridized carbons (Fsp3) is 0.250. The van der Waals surface area contributed by atoms with Crippen molar-refractivity contribution in [3.05, 3.63) is 77.6 Å². The van der Waals surface area contributed by atoms with Gasteiger partial charge in [0, 0.05) is 22.6 Å². The number of carbonyl (C=O) groups excluding carboxylic acids is 1. The number of anilines is 1. The van der Waals surface area contributed by atoms with Crippen LogP contribution in [0.15, 0.2) is 65.8 Å². The summed E-state index contributed by atoms with van der Waals surface area (Å²) in [5.41, 5.74) is 6.68. The summed E-state index contributed by atoms with van der Waals surface area (Å²) in [5.74, 6) is 0.0688. The zero-order chi connectivity index (χ0) is 24.0. The number of ether oxygens (including phenoxy) is 1. The molecule has 0 radical (unpaired) electrons. The number of para-hydroxylation sites is 1. The lowest BCUT2D eigenvalue weighted by atomic mass is 10.2. The number of nitrogens with zero attached hydrogens (tertiary/aromatic N) is 3. The van der Waals surface area contributed by atoms with Gasteiger partial charge in [-0.25, -0.2) is 13.8 Å². The molecular formula is C24H28N4O4S. The largest absolute Gasteiger partial charge is 0.494 e. The van der Waals surface area contributed by atoms with E-state index in [-0.39, 0.29) is 0 Å². The van der Waals surface area contributed by atoms with Gasteiger partial charge in [0.25, 0.3) is 5.91 Å². The van der Waals surface area contributed by atoms with Crippen molar-refractivity contribution in [2.24, 2.45) is 5.10 Å². The summed E-state index contributed by atoms with van der Waals surface area (Å²) in [6, 6.07) is 18.4. The SMILES string of the molecule is CCOc1ccc(N(CC(=O)N/N=C/c2cc(C)n(-c3ccccc3)c2C)S(C)(=O)=O)cc1. The monoisotopic (exact) mass is 468 g/mol. The Kier molecular flexibility index (Phi) is 7.55. The molecule has 0 aliphatic rings. The highest BCUT2D eigenvalue weighted by molar-refractivity contribution is 7.92. The average molecular weight is 469 g/mol. The Balaban J connectivity index is 1.71. The molecule has 3 rings (SSSR count). The second-order valence-electron chi connectivity index (χ2n) is 7.49. The maximum Gasteiger partial charge on any atom is 0.260 e. The average Bonchev–Trinajstić information content (AvgIpc) is 3.06. The number of carbonyl (C=O) groups is 1. The molecule has 1 N–H and O–H groups in total. The maximum atomic E-state index is 12.5. The number of amides is 1. The molecule has 1 amide bonds. The minimum Gasteiger partial charge on any atom is -0.494 e. The van der Waals surface area contributed by atoms with Crippen molar-refractivity contribution in [3.8, 4) is 11.4 Å². The van der Waals surface area contributed by atoms with Gasteiger partial charge in [-0.05, 0) is 63.2 Å². The van der Waals surface area contributed by atoms with E-state index >= 15 is 0 Å². The third-order valence-corrected chi connectivity index (χ3v) is 6.14. The zero-order valence-electron chi connectivity index (χ0n) is 19.1. The van der Waals surface area contributed by atoms with Crippen molar-refractivity contribution in [1.29, 1.82) is 0 Å². The maximum absolute atomic E-state index is 12.5. The Hall–Kier alpha value is -3.59. The fourth-order valence-electron chi connectivity index (χ4n) is 3.51. The Morgan fingerprint density at radius 3 is 2.39 bits per heavy atom. The molecule has 0 bridgehead atoms. The molecule has 1 heterocycles. The van der Waals surface area contributed by atoms with Crippen LogP contribution in [0.2, 0.25) is 0 Å². The number of rotatable bonds is 9. The molecule has 0 atom stereocenters. The lowest BCUT2D eigenvalue weighted by molar-refractivity contribution is -0.119. The van der Waals surface area contributed by atoms with E-state index in [1.807, 2.05) is 57.2 Å². The summed E-state index contributed by atoms with van der Waals surface area (Å²) in [6.07, 6.45) is 2.61. The summed E-state index contributed by atoms with van der Waals surface area (Å²) in [5, 5.41) is 4.04. The first-order valence-corrected chi connectivity index (χ1v) is 12.3. The smallest absolute Gasteiger partial charge is 0.260 e. The van der Waals surface area contributed by atoms with Crippen LogP contribution in [0.4, 0.5) is 5.69 Å². The number of hydrogen-bond acceptors (Lipinski definition) is 5. The normalized spacial score (nSPS) is 11.5. The second-order valence-corrected chi connectivity index (χ2v) is 9.39. The molecule has 0 saturated carbocycles. The van der Waals surface area contributed by atoms with E-state index in [2.05, 4.69) is 15.1 Å². The number of aromatic nitrogens is 1. The van der Waals surface area contributed by atoms with E-state index in [4.69, 9.17) is 4.74 Å². The van der Waals surface area contributed by atoms with Gasteiger partial charge < -0.3 is 9.30 Å². The van der Waals surface area contributed by atoms with Crippen LogP contribution < -0.4 is 14.5 Å². The summed E-state index contributed by atoms with van der Waals surface area (Å²) >= 11 is 0. The lowest BCUT2D eigenvalue weighted by Crippen LogP contribution is -2.39. The van der Waals surface area contributed by atoms with Gasteiger partial charge in [0.15, 0.2) is 0 Å². The van der Waals surface area contributed by atoms with Gasteiger partial charge in [-0.3, -0.25) is 9.10 Å². The van der Waals surface area contributed by atoms with Gasteiger partial charge in [-0.15, -0.1) is 0 Å². The van der Waals surface area contributed by atoms with Gasteiger partial charge in [0.2, 0.25) is 10.0 Å². The molecule has 0 aliphatic carbocycles. The zero-order valence-corrected chi connectivity index (χ0v) is 20.0. The molecule has 0 saturated heterocycles. The predicted molar refractivity (Wildman–Crippen MR) is 131 cm³/mol. The summed E-state index contributed by atoms with van der Waals surface area (Å²) < 4.78 is 33.0. The third kappa shape index (κ3) is 6.01. The minimum absolute atomic E-state index is 0.367. The molecule has 2 aromatic carbocycles. The Bertz CT molecular complexity index is 1230. The quantitative estimate of drug-likeness (QED) is 0.385. The van der Waals surface area contributed by atoms with Crippen molar-refractivity contribution in [3.63, 3.8) is 0 Å². The number of hydrogen-bond donors (Lipinski definition) is 1. The van der Waals surface area contributed by atoms with Gasteiger partial charge >= 0.3 is 0 Å². The van der Waals surface area contributed by atoms with Crippen molar-refractivity contribution in [1.82, 2.24) is 9.99 Å². The molecular weight excluding hydrogens is 440 g/mol. The first kappa shape index (κ1) is 24.1. The van der Waals surface area contributed by atoms with E-state index < -0.39 is 22.5 Å². The number of benzene rings is 2. The van der Waals surface area contributed by atoms with Crippen molar-refractivity contribution in [2.75, 3.05) is 23.7 Å². The molecule has 0 spiro atoms. The van der Waals surface area contributed by atoms with Gasteiger partial charge in [-0.1, -0.05) is 18.2 Å². The molecule has 8 nitrogen and oxygen atoms in total. The van der Waals surface area contributed by atoms with Crippen LogP contribution >= 0.6 is 0 Å². The number of sulfonamides is 1. The van der Waals surface area contributed by atoms with Crippen LogP contribution in [0.1, 0.15) is 23.9 Å². The predicted octanol–water partition coefficient (Wildman–Crippen LogP) is 3.41. The van der Waals surface area contributed by atoms with E-state index in [0.29, 0.717) is 18.0 Å². The fourth-order valence-corrected chi connectivity index (χ4v) is 4.36. The molecule has 0 aliphatic heterocycles. The Labute approximate surface area is 194 Å². The molecule has 33 heavy (non-hydrogen) atoms. The van der Waals surface area contributed by atoms with Gasteiger partial charge in [0.05, 0.1) is 24.8 Å². The highest BCUT2D eigenvalue weighted by Gasteiger charge is 2.21. The van der Waals surface area contributed by atoms with E-state index in [0.717, 1.165) is 33.2 Å². The molecule has 0 fully saturated rings. The van der Waals surface area contributed by atoms with E-state index in [1.54, 1.807) is 30.5 Å². The molecule has 0 unspecified atom stereocenters. The van der Waals surface area contributed by atoms with Crippen LogP contribution in [0.25, 0.3) is 5.69 Å². The molecule has 1 aromatic heterocycles. The number of aryl methyl sites for hydroxylation is 1. The molecule has 174 valence electrons. The van der Waals surface area contributed by atoms with Crippen LogP contribution in [0.5, 0.6) is 5.75 Å². The third-order valence-electron chi connectivity index (χ3n) is 5.00. The van der Waals surface area contributed by atoms with Crippen LogP contribution in [-0.2, 0) is 14.8 Å². The summed E-state index contributed by atoms with van der Waals surface area (Å²) in [7, 11) is -3.68. The van der Waals surface area contributed by atoms with Crippen molar-refractivity contribution in [2.45, 2.75) is 20.8 Å². The Morgan fingerprint density at radius 1 is 1.12 bits per heavy atom.